The van der Waals surface area contributed by atoms with Crippen LogP contribution in [0.1, 0.15) is 33.6 Å². The molecule has 0 saturated heterocycles. The number of ether oxygens (including phenoxy) is 2. The number of benzene rings is 1. The van der Waals surface area contributed by atoms with Crippen LogP contribution in [0.3, 0.4) is 0 Å². The molecular formula is C16H22BrNO5. The van der Waals surface area contributed by atoms with Crippen LogP contribution in [0.4, 0.5) is 4.79 Å². The molecule has 1 aromatic rings. The smallest absolute Gasteiger partial charge is 0.408 e. The Hall–Kier alpha value is -1.76. The third kappa shape index (κ3) is 8.44. The summed E-state index contributed by atoms with van der Waals surface area (Å²) < 4.78 is 11.5. The molecule has 0 spiro atoms. The number of aliphatic carboxylic acids is 1. The summed E-state index contributed by atoms with van der Waals surface area (Å²) in [5.74, 6) is -0.389. The van der Waals surface area contributed by atoms with Gasteiger partial charge < -0.3 is 19.9 Å². The number of carboxylic acids is 1. The van der Waals surface area contributed by atoms with E-state index in [0.29, 0.717) is 18.8 Å². The number of nitrogens with one attached hydrogen (secondary N) is 1. The monoisotopic (exact) mass is 387 g/mol. The van der Waals surface area contributed by atoms with E-state index in [-0.39, 0.29) is 6.42 Å². The van der Waals surface area contributed by atoms with Crippen LogP contribution in [0.15, 0.2) is 28.7 Å². The van der Waals surface area contributed by atoms with Crippen molar-refractivity contribution in [3.8, 4) is 5.75 Å². The molecular weight excluding hydrogens is 366 g/mol. The van der Waals surface area contributed by atoms with Crippen LogP contribution in [0, 0.1) is 0 Å². The minimum absolute atomic E-state index is 0.255. The van der Waals surface area contributed by atoms with E-state index in [9.17, 15) is 9.59 Å². The first-order valence-corrected chi connectivity index (χ1v) is 8.07. The van der Waals surface area contributed by atoms with Crippen molar-refractivity contribution in [1.29, 1.82) is 0 Å². The Morgan fingerprint density at radius 3 is 2.39 bits per heavy atom. The van der Waals surface area contributed by atoms with Crippen LogP contribution >= 0.6 is 15.9 Å². The fourth-order valence-electron chi connectivity index (χ4n) is 1.72. The Morgan fingerprint density at radius 2 is 1.87 bits per heavy atom. The molecule has 128 valence electrons. The Kier molecular flexibility index (Phi) is 7.35. The number of halogens is 1. The summed E-state index contributed by atoms with van der Waals surface area (Å²) in [6, 6.07) is 6.35. The lowest BCUT2D eigenvalue weighted by atomic mass is 10.1. The summed E-state index contributed by atoms with van der Waals surface area (Å²) in [5.41, 5.74) is -0.669. The van der Waals surface area contributed by atoms with Gasteiger partial charge in [-0.2, -0.15) is 0 Å². The number of carbonyl (C=O) groups is 2. The van der Waals surface area contributed by atoms with E-state index in [1.807, 2.05) is 24.3 Å². The molecule has 0 saturated carbocycles. The fourth-order valence-corrected chi connectivity index (χ4v) is 1.98. The third-order valence-corrected chi connectivity index (χ3v) is 3.24. The highest BCUT2D eigenvalue weighted by Gasteiger charge is 2.23. The molecule has 0 radical (unpaired) electrons. The van der Waals surface area contributed by atoms with Crippen molar-refractivity contribution in [2.75, 3.05) is 6.61 Å². The van der Waals surface area contributed by atoms with Crippen molar-refractivity contribution in [2.24, 2.45) is 0 Å². The van der Waals surface area contributed by atoms with Crippen molar-refractivity contribution in [3.63, 3.8) is 0 Å². The predicted octanol–water partition coefficient (Wildman–Crippen LogP) is 3.59. The van der Waals surface area contributed by atoms with Gasteiger partial charge in [0.1, 0.15) is 17.4 Å². The first-order chi connectivity index (χ1) is 10.7. The number of alkyl carbamates (subject to hydrolysis) is 1. The average Bonchev–Trinajstić information content (AvgIpc) is 2.42. The number of hydrogen-bond donors (Lipinski definition) is 2. The average molecular weight is 388 g/mol. The van der Waals surface area contributed by atoms with Crippen LogP contribution in [0.25, 0.3) is 0 Å². The molecule has 7 heteroatoms. The molecule has 1 rings (SSSR count). The molecule has 1 aromatic carbocycles. The largest absolute Gasteiger partial charge is 0.494 e. The number of hydrogen-bond acceptors (Lipinski definition) is 4. The van der Waals surface area contributed by atoms with Crippen molar-refractivity contribution < 1.29 is 24.2 Å². The molecule has 2 N–H and O–H groups in total. The Labute approximate surface area is 144 Å². The van der Waals surface area contributed by atoms with E-state index in [1.165, 1.54) is 0 Å². The first-order valence-electron chi connectivity index (χ1n) is 7.28. The lowest BCUT2D eigenvalue weighted by Crippen LogP contribution is -2.43. The minimum atomic E-state index is -1.10. The van der Waals surface area contributed by atoms with Gasteiger partial charge in [-0.15, -0.1) is 0 Å². The van der Waals surface area contributed by atoms with Gasteiger partial charge in [-0.05, 0) is 57.9 Å². The lowest BCUT2D eigenvalue weighted by molar-refractivity contribution is -0.139. The van der Waals surface area contributed by atoms with Crippen molar-refractivity contribution in [3.05, 3.63) is 28.7 Å². The zero-order valence-electron chi connectivity index (χ0n) is 13.5. The summed E-state index contributed by atoms with van der Waals surface area (Å²) in [5, 5.41) is 11.5. The maximum atomic E-state index is 11.6. The van der Waals surface area contributed by atoms with Crippen LogP contribution in [-0.2, 0) is 9.53 Å². The van der Waals surface area contributed by atoms with E-state index >= 15 is 0 Å². The first kappa shape index (κ1) is 19.3. The molecule has 0 aromatic heterocycles. The molecule has 23 heavy (non-hydrogen) atoms. The van der Waals surface area contributed by atoms with Gasteiger partial charge in [-0.1, -0.05) is 15.9 Å². The minimum Gasteiger partial charge on any atom is -0.494 e. The second-order valence-corrected chi connectivity index (χ2v) is 6.90. The molecule has 0 unspecified atom stereocenters. The van der Waals surface area contributed by atoms with Gasteiger partial charge in [-0.3, -0.25) is 0 Å². The lowest BCUT2D eigenvalue weighted by Gasteiger charge is -2.22. The van der Waals surface area contributed by atoms with E-state index < -0.39 is 23.7 Å². The van der Waals surface area contributed by atoms with Crippen LogP contribution < -0.4 is 10.1 Å². The fraction of sp³-hybridized carbons (Fsp3) is 0.500. The molecule has 1 amide bonds. The maximum Gasteiger partial charge on any atom is 0.408 e. The summed E-state index contributed by atoms with van der Waals surface area (Å²) in [6.07, 6.45) is 0.00669. The van der Waals surface area contributed by atoms with Gasteiger partial charge in [0.15, 0.2) is 0 Å². The van der Waals surface area contributed by atoms with Crippen molar-refractivity contribution in [2.45, 2.75) is 45.3 Å². The summed E-state index contributed by atoms with van der Waals surface area (Å²) >= 11 is 3.33. The van der Waals surface area contributed by atoms with Gasteiger partial charge in [0, 0.05) is 4.47 Å². The van der Waals surface area contributed by atoms with Gasteiger partial charge in [0.2, 0.25) is 0 Å². The SMILES string of the molecule is CC(C)(C)OC(=O)N[C@@H](CCCOc1ccc(Br)cc1)C(=O)O. The second kappa shape index (κ2) is 8.76. The predicted molar refractivity (Wildman–Crippen MR) is 89.7 cm³/mol. The van der Waals surface area contributed by atoms with E-state index in [1.54, 1.807) is 20.8 Å². The van der Waals surface area contributed by atoms with Gasteiger partial charge in [0.05, 0.1) is 6.61 Å². The summed E-state index contributed by atoms with van der Waals surface area (Å²) in [7, 11) is 0. The Bertz CT molecular complexity index is 524. The highest BCUT2D eigenvalue weighted by molar-refractivity contribution is 9.10. The molecule has 0 heterocycles. The standard InChI is InChI=1S/C16H22BrNO5/c1-16(2,3)23-15(21)18-13(14(19)20)5-4-10-22-12-8-6-11(17)7-9-12/h6-9,13H,4-5,10H2,1-3H3,(H,18,21)(H,19,20)/t13-/m0/s1. The van der Waals surface area contributed by atoms with E-state index in [0.717, 1.165) is 4.47 Å². The number of carbonyl (C=O) groups excluding carboxylic acids is 1. The molecule has 0 fully saturated rings. The molecule has 0 aliphatic rings. The molecule has 0 aliphatic carbocycles. The molecule has 1 atom stereocenters. The van der Waals surface area contributed by atoms with Crippen LogP contribution in [0.5, 0.6) is 5.75 Å². The normalized spacial score (nSPS) is 12.3. The summed E-state index contributed by atoms with van der Waals surface area (Å²) in [6.45, 7) is 5.51. The highest BCUT2D eigenvalue weighted by atomic mass is 79.9. The van der Waals surface area contributed by atoms with Crippen LogP contribution in [-0.4, -0.2) is 35.4 Å². The van der Waals surface area contributed by atoms with E-state index in [2.05, 4.69) is 21.2 Å². The number of rotatable bonds is 7. The van der Waals surface area contributed by atoms with Crippen molar-refractivity contribution in [1.82, 2.24) is 5.32 Å². The molecule has 0 bridgehead atoms. The molecule has 0 aliphatic heterocycles. The van der Waals surface area contributed by atoms with Gasteiger partial charge in [-0.25, -0.2) is 9.59 Å². The van der Waals surface area contributed by atoms with Crippen LogP contribution in [0.2, 0.25) is 0 Å². The topological polar surface area (TPSA) is 84.9 Å². The number of amides is 1. The Balaban J connectivity index is 2.37. The molecule has 6 nitrogen and oxygen atoms in total. The van der Waals surface area contributed by atoms with Crippen molar-refractivity contribution >= 4 is 28.0 Å². The quantitative estimate of drug-likeness (QED) is 0.698. The highest BCUT2D eigenvalue weighted by Crippen LogP contribution is 2.16. The second-order valence-electron chi connectivity index (χ2n) is 5.98. The van der Waals surface area contributed by atoms with E-state index in [4.69, 9.17) is 14.6 Å². The zero-order valence-corrected chi connectivity index (χ0v) is 15.1. The zero-order chi connectivity index (χ0) is 17.5. The van der Waals surface area contributed by atoms with Gasteiger partial charge >= 0.3 is 12.1 Å². The summed E-state index contributed by atoms with van der Waals surface area (Å²) in [4.78, 5) is 22.8. The van der Waals surface area contributed by atoms with Gasteiger partial charge in [0.25, 0.3) is 0 Å². The Morgan fingerprint density at radius 1 is 1.26 bits per heavy atom. The maximum absolute atomic E-state index is 11.6. The third-order valence-electron chi connectivity index (χ3n) is 2.71. The number of carboxylic acid groups (broad SMARTS) is 1.